The summed E-state index contributed by atoms with van der Waals surface area (Å²) in [5.41, 5.74) is 2.44. The summed E-state index contributed by atoms with van der Waals surface area (Å²) in [6.45, 7) is 8.02. The van der Waals surface area contributed by atoms with Crippen LogP contribution in [0.3, 0.4) is 0 Å². The molecule has 0 fully saturated rings. The average Bonchev–Trinajstić information content (AvgIpc) is 3.19. The number of rotatable bonds is 5. The van der Waals surface area contributed by atoms with Crippen LogP contribution in [0, 0.1) is 6.92 Å². The highest BCUT2D eigenvalue weighted by molar-refractivity contribution is 7.99. The third-order valence-electron chi connectivity index (χ3n) is 4.61. The van der Waals surface area contributed by atoms with E-state index in [0.29, 0.717) is 27.8 Å². The maximum atomic E-state index is 13.3. The minimum absolute atomic E-state index is 0.0932. The number of fused-ring (bicyclic) bond motifs is 1. The van der Waals surface area contributed by atoms with Crippen molar-refractivity contribution in [1.29, 1.82) is 0 Å². The number of thioether (sulfide) groups is 1. The van der Waals surface area contributed by atoms with Crippen LogP contribution in [-0.4, -0.2) is 19.7 Å². The fraction of sp³-hybridized carbons (Fsp3) is 0.273. The van der Waals surface area contributed by atoms with E-state index in [4.69, 9.17) is 9.51 Å². The Morgan fingerprint density at radius 3 is 2.55 bits per heavy atom. The Balaban J connectivity index is 1.83. The number of hydrogen-bond donors (Lipinski definition) is 0. The van der Waals surface area contributed by atoms with E-state index in [1.165, 1.54) is 11.8 Å². The van der Waals surface area contributed by atoms with E-state index in [0.717, 1.165) is 11.3 Å². The largest absolute Gasteiger partial charge is 0.338 e. The van der Waals surface area contributed by atoms with Crippen LogP contribution in [-0.2, 0) is 0 Å². The Morgan fingerprint density at radius 2 is 1.83 bits per heavy atom. The van der Waals surface area contributed by atoms with Gasteiger partial charge in [0, 0.05) is 5.92 Å². The molecule has 2 heterocycles. The lowest BCUT2D eigenvalue weighted by Gasteiger charge is -2.15. The van der Waals surface area contributed by atoms with Crippen LogP contribution >= 0.6 is 11.8 Å². The van der Waals surface area contributed by atoms with E-state index in [1.54, 1.807) is 4.57 Å². The van der Waals surface area contributed by atoms with Crippen molar-refractivity contribution < 1.29 is 4.52 Å². The molecule has 148 valence electrons. The monoisotopic (exact) mass is 406 g/mol. The number of nitrogens with zero attached hydrogens (tertiary/aromatic N) is 4. The predicted molar refractivity (Wildman–Crippen MR) is 115 cm³/mol. The van der Waals surface area contributed by atoms with Crippen molar-refractivity contribution in [1.82, 2.24) is 19.7 Å². The normalized spacial score (nSPS) is 12.6. The summed E-state index contributed by atoms with van der Waals surface area (Å²) < 4.78 is 7.11. The quantitative estimate of drug-likeness (QED) is 0.341. The molecule has 0 saturated heterocycles. The topological polar surface area (TPSA) is 73.8 Å². The highest BCUT2D eigenvalue weighted by Gasteiger charge is 2.21. The molecule has 2 aromatic carbocycles. The van der Waals surface area contributed by atoms with E-state index >= 15 is 0 Å². The van der Waals surface area contributed by atoms with E-state index in [2.05, 4.69) is 10.1 Å². The molecule has 29 heavy (non-hydrogen) atoms. The minimum Gasteiger partial charge on any atom is -0.338 e. The van der Waals surface area contributed by atoms with Gasteiger partial charge in [0.25, 0.3) is 5.56 Å². The molecule has 0 aliphatic carbocycles. The molecule has 0 N–H and O–H groups in total. The molecule has 6 nitrogen and oxygen atoms in total. The zero-order chi connectivity index (χ0) is 20.5. The van der Waals surface area contributed by atoms with Gasteiger partial charge >= 0.3 is 0 Å². The van der Waals surface area contributed by atoms with E-state index in [-0.39, 0.29) is 16.7 Å². The summed E-state index contributed by atoms with van der Waals surface area (Å²) in [4.78, 5) is 22.6. The average molecular weight is 407 g/mol. The van der Waals surface area contributed by atoms with Gasteiger partial charge < -0.3 is 4.52 Å². The van der Waals surface area contributed by atoms with Gasteiger partial charge in [0.2, 0.25) is 5.89 Å². The first-order valence-electron chi connectivity index (χ1n) is 9.53. The van der Waals surface area contributed by atoms with Gasteiger partial charge in [-0.15, -0.1) is 0 Å². The fourth-order valence-electron chi connectivity index (χ4n) is 3.04. The molecular weight excluding hydrogens is 384 g/mol. The van der Waals surface area contributed by atoms with Gasteiger partial charge in [-0.2, -0.15) is 4.98 Å². The number of hydrogen-bond acceptors (Lipinski definition) is 6. The van der Waals surface area contributed by atoms with Crippen molar-refractivity contribution in [2.75, 3.05) is 0 Å². The first-order chi connectivity index (χ1) is 13.9. The van der Waals surface area contributed by atoms with Crippen LogP contribution in [0.1, 0.15) is 49.2 Å². The number of aryl methyl sites for hydroxylation is 1. The molecule has 0 radical (unpaired) electrons. The van der Waals surface area contributed by atoms with Crippen molar-refractivity contribution in [2.45, 2.75) is 44.0 Å². The maximum absolute atomic E-state index is 13.3. The molecule has 0 saturated carbocycles. The Bertz CT molecular complexity index is 1230. The van der Waals surface area contributed by atoms with Gasteiger partial charge in [-0.25, -0.2) is 4.98 Å². The molecular formula is C22H22N4O2S. The van der Waals surface area contributed by atoms with Crippen LogP contribution in [0.15, 0.2) is 63.0 Å². The molecule has 0 bridgehead atoms. The number of para-hydroxylation sites is 1. The minimum atomic E-state index is -0.154. The zero-order valence-electron chi connectivity index (χ0n) is 16.8. The molecule has 0 aliphatic heterocycles. The van der Waals surface area contributed by atoms with Crippen LogP contribution < -0.4 is 5.56 Å². The van der Waals surface area contributed by atoms with Gasteiger partial charge in [0.1, 0.15) is 0 Å². The predicted octanol–water partition coefficient (Wildman–Crippen LogP) is 5.05. The van der Waals surface area contributed by atoms with E-state index in [9.17, 15) is 4.79 Å². The first-order valence-corrected chi connectivity index (χ1v) is 10.4. The lowest BCUT2D eigenvalue weighted by atomic mass is 10.2. The SMILES string of the molecule is Cc1cccc(-n2c(SC(C)c3nc(C(C)C)no3)nc3ccccc3c2=O)c1. The van der Waals surface area contributed by atoms with Gasteiger partial charge in [-0.1, -0.05) is 55.0 Å². The molecule has 1 unspecified atom stereocenters. The Hall–Kier alpha value is -2.93. The maximum Gasteiger partial charge on any atom is 0.266 e. The second-order valence-electron chi connectivity index (χ2n) is 7.30. The third kappa shape index (κ3) is 3.82. The van der Waals surface area contributed by atoms with Gasteiger partial charge in [0.15, 0.2) is 11.0 Å². The lowest BCUT2D eigenvalue weighted by Crippen LogP contribution is -2.22. The summed E-state index contributed by atoms with van der Waals surface area (Å²) in [6.07, 6.45) is 0. The molecule has 2 aromatic heterocycles. The Morgan fingerprint density at radius 1 is 1.03 bits per heavy atom. The molecule has 4 aromatic rings. The van der Waals surface area contributed by atoms with Crippen LogP contribution in [0.5, 0.6) is 0 Å². The highest BCUT2D eigenvalue weighted by Crippen LogP contribution is 2.34. The summed E-state index contributed by atoms with van der Waals surface area (Å²) in [6, 6.07) is 15.3. The third-order valence-corrected chi connectivity index (χ3v) is 5.65. The molecule has 7 heteroatoms. The lowest BCUT2D eigenvalue weighted by molar-refractivity contribution is 0.373. The van der Waals surface area contributed by atoms with Crippen LogP contribution in [0.2, 0.25) is 0 Å². The van der Waals surface area contributed by atoms with Crippen molar-refractivity contribution in [2.24, 2.45) is 0 Å². The summed E-state index contributed by atoms with van der Waals surface area (Å²) in [5.74, 6) is 1.39. The highest BCUT2D eigenvalue weighted by atomic mass is 32.2. The van der Waals surface area contributed by atoms with Crippen LogP contribution in [0.4, 0.5) is 0 Å². The smallest absolute Gasteiger partial charge is 0.266 e. The van der Waals surface area contributed by atoms with Gasteiger partial charge in [0.05, 0.1) is 21.8 Å². The van der Waals surface area contributed by atoms with Gasteiger partial charge in [-0.05, 0) is 43.7 Å². The number of aromatic nitrogens is 4. The summed E-state index contributed by atoms with van der Waals surface area (Å²) in [7, 11) is 0. The second kappa shape index (κ2) is 7.83. The van der Waals surface area contributed by atoms with E-state index < -0.39 is 0 Å². The number of benzene rings is 2. The van der Waals surface area contributed by atoms with Crippen molar-refractivity contribution in [3.63, 3.8) is 0 Å². The van der Waals surface area contributed by atoms with Crippen LogP contribution in [0.25, 0.3) is 16.6 Å². The second-order valence-corrected chi connectivity index (χ2v) is 8.60. The van der Waals surface area contributed by atoms with Crippen molar-refractivity contribution in [3.05, 3.63) is 76.2 Å². The molecule has 0 spiro atoms. The Labute approximate surface area is 173 Å². The summed E-state index contributed by atoms with van der Waals surface area (Å²) in [5, 5.41) is 5.08. The van der Waals surface area contributed by atoms with E-state index in [1.807, 2.05) is 76.2 Å². The fourth-order valence-corrected chi connectivity index (χ4v) is 4.00. The first kappa shape index (κ1) is 19.4. The molecule has 4 rings (SSSR count). The van der Waals surface area contributed by atoms with Crippen molar-refractivity contribution in [3.8, 4) is 5.69 Å². The molecule has 1 atom stereocenters. The zero-order valence-corrected chi connectivity index (χ0v) is 17.6. The Kier molecular flexibility index (Phi) is 5.24. The standard InChI is InChI=1S/C22H22N4O2S/c1-13(2)19-24-20(28-25-19)15(4)29-22-23-18-11-6-5-10-17(18)21(27)26(22)16-9-7-8-14(3)12-16/h5-13,15H,1-4H3. The van der Waals surface area contributed by atoms with Crippen molar-refractivity contribution >= 4 is 22.7 Å². The molecule has 0 amide bonds. The molecule has 0 aliphatic rings. The van der Waals surface area contributed by atoms with Gasteiger partial charge in [-0.3, -0.25) is 9.36 Å². The summed E-state index contributed by atoms with van der Waals surface area (Å²) >= 11 is 1.43.